The van der Waals surface area contributed by atoms with Crippen LogP contribution in [0.5, 0.6) is 0 Å². The standard InChI is InChI=1S/C23H29N3O5/c1-14(27)25-18-3-2-4-19(8-18)26-20(28)13-31-21(29)12-24-22(30)23-9-15-5-16(10-23)7-17(6-15)11-23/h2-4,8,15-17H,5-7,9-13H2,1H3,(H,24,30)(H,25,27)(H,26,28). The zero-order valence-corrected chi connectivity index (χ0v) is 17.7. The minimum absolute atomic E-state index is 0.0391. The highest BCUT2D eigenvalue weighted by Gasteiger charge is 2.54. The van der Waals surface area contributed by atoms with Crippen molar-refractivity contribution in [1.82, 2.24) is 5.32 Å². The normalized spacial score (nSPS) is 28.0. The smallest absolute Gasteiger partial charge is 0.325 e. The van der Waals surface area contributed by atoms with Crippen LogP contribution < -0.4 is 16.0 Å². The van der Waals surface area contributed by atoms with Crippen LogP contribution in [-0.4, -0.2) is 36.8 Å². The van der Waals surface area contributed by atoms with E-state index < -0.39 is 18.5 Å². The fourth-order valence-electron chi connectivity index (χ4n) is 6.00. The van der Waals surface area contributed by atoms with Crippen molar-refractivity contribution >= 4 is 35.1 Å². The van der Waals surface area contributed by atoms with Crippen molar-refractivity contribution in [2.75, 3.05) is 23.8 Å². The molecule has 8 nitrogen and oxygen atoms in total. The van der Waals surface area contributed by atoms with Crippen LogP contribution in [0.4, 0.5) is 11.4 Å². The van der Waals surface area contributed by atoms with Gasteiger partial charge in [0.15, 0.2) is 6.61 Å². The number of nitrogens with one attached hydrogen (secondary N) is 3. The summed E-state index contributed by atoms with van der Waals surface area (Å²) in [4.78, 5) is 48.1. The average molecular weight is 428 g/mol. The van der Waals surface area contributed by atoms with Gasteiger partial charge in [-0.05, 0) is 74.5 Å². The van der Waals surface area contributed by atoms with Crippen molar-refractivity contribution in [2.45, 2.75) is 45.4 Å². The molecule has 0 spiro atoms. The van der Waals surface area contributed by atoms with Crippen LogP contribution in [0.2, 0.25) is 0 Å². The maximum absolute atomic E-state index is 12.9. The van der Waals surface area contributed by atoms with Gasteiger partial charge in [-0.15, -0.1) is 0 Å². The van der Waals surface area contributed by atoms with E-state index in [2.05, 4.69) is 16.0 Å². The van der Waals surface area contributed by atoms with Gasteiger partial charge >= 0.3 is 5.97 Å². The molecule has 4 aliphatic rings. The molecule has 4 saturated carbocycles. The highest BCUT2D eigenvalue weighted by atomic mass is 16.5. The molecule has 0 heterocycles. The van der Waals surface area contributed by atoms with Crippen LogP contribution in [0.1, 0.15) is 45.4 Å². The maximum Gasteiger partial charge on any atom is 0.325 e. The molecule has 0 aliphatic heterocycles. The van der Waals surface area contributed by atoms with E-state index >= 15 is 0 Å². The Bertz CT molecular complexity index is 862. The van der Waals surface area contributed by atoms with E-state index in [0.29, 0.717) is 29.1 Å². The molecule has 1 aromatic rings. The Labute approximate surface area is 181 Å². The molecule has 4 aliphatic carbocycles. The lowest BCUT2D eigenvalue weighted by Crippen LogP contribution is -2.54. The molecular formula is C23H29N3O5. The molecule has 166 valence electrons. The number of hydrogen-bond donors (Lipinski definition) is 3. The Kier molecular flexibility index (Phi) is 5.98. The number of carbonyl (C=O) groups excluding carboxylic acids is 4. The van der Waals surface area contributed by atoms with Crippen molar-refractivity contribution < 1.29 is 23.9 Å². The van der Waals surface area contributed by atoms with Crippen LogP contribution in [0, 0.1) is 23.2 Å². The molecule has 4 bridgehead atoms. The molecule has 3 amide bonds. The summed E-state index contributed by atoms with van der Waals surface area (Å²) in [6, 6.07) is 6.65. The van der Waals surface area contributed by atoms with E-state index in [1.807, 2.05) is 0 Å². The second-order valence-corrected chi connectivity index (χ2v) is 9.35. The summed E-state index contributed by atoms with van der Waals surface area (Å²) in [6.07, 6.45) is 6.53. The van der Waals surface area contributed by atoms with E-state index in [1.54, 1.807) is 24.3 Å². The maximum atomic E-state index is 12.9. The lowest BCUT2D eigenvalue weighted by molar-refractivity contribution is -0.152. The Morgan fingerprint density at radius 1 is 0.968 bits per heavy atom. The zero-order valence-electron chi connectivity index (χ0n) is 17.7. The molecule has 31 heavy (non-hydrogen) atoms. The predicted octanol–water partition coefficient (Wildman–Crippen LogP) is 2.46. The number of ether oxygens (including phenoxy) is 1. The zero-order chi connectivity index (χ0) is 22.0. The summed E-state index contributed by atoms with van der Waals surface area (Å²) < 4.78 is 5.00. The summed E-state index contributed by atoms with van der Waals surface area (Å²) in [5, 5.41) is 7.99. The number of amides is 3. The van der Waals surface area contributed by atoms with Crippen molar-refractivity contribution in [3.63, 3.8) is 0 Å². The quantitative estimate of drug-likeness (QED) is 0.579. The SMILES string of the molecule is CC(=O)Nc1cccc(NC(=O)COC(=O)CNC(=O)C23CC4CC(CC(C4)C2)C3)c1. The molecule has 0 saturated heterocycles. The summed E-state index contributed by atoms with van der Waals surface area (Å²) >= 11 is 0. The second-order valence-electron chi connectivity index (χ2n) is 9.35. The molecule has 0 atom stereocenters. The molecule has 0 unspecified atom stereocenters. The van der Waals surface area contributed by atoms with E-state index in [4.69, 9.17) is 4.74 Å². The van der Waals surface area contributed by atoms with Crippen molar-refractivity contribution in [2.24, 2.45) is 23.2 Å². The predicted molar refractivity (Wildman–Crippen MR) is 114 cm³/mol. The van der Waals surface area contributed by atoms with Gasteiger partial charge in [-0.2, -0.15) is 0 Å². The third-order valence-corrected chi connectivity index (χ3v) is 6.74. The first-order valence-electron chi connectivity index (χ1n) is 10.9. The van der Waals surface area contributed by atoms with Crippen molar-refractivity contribution in [1.29, 1.82) is 0 Å². The van der Waals surface area contributed by atoms with Crippen LogP contribution in [0.15, 0.2) is 24.3 Å². The van der Waals surface area contributed by atoms with Crippen LogP contribution in [-0.2, 0) is 23.9 Å². The number of anilines is 2. The molecular weight excluding hydrogens is 398 g/mol. The van der Waals surface area contributed by atoms with E-state index in [9.17, 15) is 19.2 Å². The third-order valence-electron chi connectivity index (χ3n) is 6.74. The lowest BCUT2D eigenvalue weighted by atomic mass is 9.49. The lowest BCUT2D eigenvalue weighted by Gasteiger charge is -2.55. The number of rotatable bonds is 7. The molecule has 5 rings (SSSR count). The Balaban J connectivity index is 1.20. The first kappa shape index (κ1) is 21.3. The van der Waals surface area contributed by atoms with Gasteiger partial charge in [0.05, 0.1) is 0 Å². The minimum atomic E-state index is -0.639. The number of hydrogen-bond acceptors (Lipinski definition) is 5. The largest absolute Gasteiger partial charge is 0.454 e. The van der Waals surface area contributed by atoms with Gasteiger partial charge in [0.25, 0.3) is 5.91 Å². The minimum Gasteiger partial charge on any atom is -0.454 e. The monoisotopic (exact) mass is 427 g/mol. The summed E-state index contributed by atoms with van der Waals surface area (Å²) in [7, 11) is 0. The van der Waals surface area contributed by atoms with E-state index in [-0.39, 0.29) is 23.8 Å². The summed E-state index contributed by atoms with van der Waals surface area (Å²) in [6.45, 7) is 0.717. The van der Waals surface area contributed by atoms with E-state index in [1.165, 1.54) is 26.2 Å². The van der Waals surface area contributed by atoms with Crippen molar-refractivity contribution in [3.8, 4) is 0 Å². The van der Waals surface area contributed by atoms with Crippen LogP contribution in [0.25, 0.3) is 0 Å². The fraction of sp³-hybridized carbons (Fsp3) is 0.565. The highest BCUT2D eigenvalue weighted by molar-refractivity contribution is 5.95. The van der Waals surface area contributed by atoms with Gasteiger partial charge in [-0.25, -0.2) is 0 Å². The number of benzene rings is 1. The molecule has 4 fully saturated rings. The van der Waals surface area contributed by atoms with Gasteiger partial charge in [0, 0.05) is 23.7 Å². The van der Waals surface area contributed by atoms with E-state index in [0.717, 1.165) is 19.3 Å². The number of esters is 1. The Hall–Kier alpha value is -2.90. The Morgan fingerprint density at radius 3 is 2.13 bits per heavy atom. The highest BCUT2D eigenvalue weighted by Crippen LogP contribution is 2.60. The summed E-state index contributed by atoms with van der Waals surface area (Å²) in [5.74, 6) is 0.558. The first-order chi connectivity index (χ1) is 14.8. The van der Waals surface area contributed by atoms with Crippen LogP contribution >= 0.6 is 0 Å². The van der Waals surface area contributed by atoms with Gasteiger partial charge in [0.2, 0.25) is 11.8 Å². The fourth-order valence-corrected chi connectivity index (χ4v) is 6.00. The molecule has 3 N–H and O–H groups in total. The second kappa shape index (κ2) is 8.69. The topological polar surface area (TPSA) is 114 Å². The molecule has 0 radical (unpaired) electrons. The molecule has 0 aromatic heterocycles. The third kappa shape index (κ3) is 5.06. The van der Waals surface area contributed by atoms with Gasteiger partial charge in [0.1, 0.15) is 6.54 Å². The van der Waals surface area contributed by atoms with Gasteiger partial charge in [-0.3, -0.25) is 19.2 Å². The average Bonchev–Trinajstić information content (AvgIpc) is 2.69. The Morgan fingerprint density at radius 2 is 1.55 bits per heavy atom. The first-order valence-corrected chi connectivity index (χ1v) is 10.9. The molecule has 1 aromatic carbocycles. The van der Waals surface area contributed by atoms with Crippen LogP contribution in [0.3, 0.4) is 0 Å². The number of carbonyl (C=O) groups is 4. The van der Waals surface area contributed by atoms with Crippen molar-refractivity contribution in [3.05, 3.63) is 24.3 Å². The van der Waals surface area contributed by atoms with Gasteiger partial charge in [-0.1, -0.05) is 6.07 Å². The van der Waals surface area contributed by atoms with Gasteiger partial charge < -0.3 is 20.7 Å². The molecule has 8 heteroatoms. The summed E-state index contributed by atoms with van der Waals surface area (Å²) in [5.41, 5.74) is 0.711.